The molecule has 0 radical (unpaired) electrons. The minimum Gasteiger partial charge on any atom is -0.416 e. The van der Waals surface area contributed by atoms with Gasteiger partial charge in [0.05, 0.1) is 5.25 Å². The molecular formula is C20H26N2O2S. The van der Waals surface area contributed by atoms with Gasteiger partial charge in [-0.3, -0.25) is 4.79 Å². The maximum Gasteiger partial charge on any atom is 0.277 e. The molecule has 4 nitrogen and oxygen atoms in total. The molecule has 0 N–H and O–H groups in total. The maximum absolute atomic E-state index is 12.8. The normalized spacial score (nSPS) is 16.8. The minimum absolute atomic E-state index is 0.114. The van der Waals surface area contributed by atoms with Crippen molar-refractivity contribution in [1.82, 2.24) is 10.2 Å². The topological polar surface area (TPSA) is 56.0 Å². The van der Waals surface area contributed by atoms with E-state index in [1.807, 2.05) is 26.8 Å². The maximum atomic E-state index is 12.8. The van der Waals surface area contributed by atoms with Gasteiger partial charge in [0.1, 0.15) is 0 Å². The van der Waals surface area contributed by atoms with Crippen LogP contribution in [-0.4, -0.2) is 21.2 Å². The van der Waals surface area contributed by atoms with E-state index in [-0.39, 0.29) is 11.0 Å². The molecule has 0 aliphatic heterocycles. The molecule has 134 valence electrons. The molecule has 1 heterocycles. The third kappa shape index (κ3) is 4.14. The van der Waals surface area contributed by atoms with Crippen molar-refractivity contribution in [3.05, 3.63) is 40.3 Å². The van der Waals surface area contributed by atoms with Crippen molar-refractivity contribution in [3.8, 4) is 0 Å². The highest BCUT2D eigenvalue weighted by Crippen LogP contribution is 2.34. The number of Topliss-reactive ketones (excluding diaryl/α,β-unsaturated/α-hetero) is 1. The predicted octanol–water partition coefficient (Wildman–Crippen LogP) is 5.41. The standard InChI is InChI=1S/C20H26N2O2S/c1-12-10-14(3)17(11-13(12)2)18(23)15(4)25-20-22-21-19(24-20)16-8-6-5-7-9-16/h10-11,15-16H,5-9H2,1-4H3/t15-/m1/s1. The number of hydrogen-bond acceptors (Lipinski definition) is 5. The van der Waals surface area contributed by atoms with Gasteiger partial charge in [-0.15, -0.1) is 10.2 Å². The van der Waals surface area contributed by atoms with Crippen molar-refractivity contribution in [3.63, 3.8) is 0 Å². The third-order valence-electron chi connectivity index (χ3n) is 5.13. The summed E-state index contributed by atoms with van der Waals surface area (Å²) < 4.78 is 5.84. The van der Waals surface area contributed by atoms with Crippen LogP contribution in [0.2, 0.25) is 0 Å². The van der Waals surface area contributed by atoms with Crippen molar-refractivity contribution in [2.24, 2.45) is 0 Å². The largest absolute Gasteiger partial charge is 0.416 e. The van der Waals surface area contributed by atoms with E-state index in [4.69, 9.17) is 4.42 Å². The molecule has 0 spiro atoms. The Morgan fingerprint density at radius 3 is 2.48 bits per heavy atom. The second-order valence-corrected chi connectivity index (χ2v) is 8.41. The highest BCUT2D eigenvalue weighted by Gasteiger charge is 2.24. The van der Waals surface area contributed by atoms with Crippen molar-refractivity contribution < 1.29 is 9.21 Å². The first kappa shape index (κ1) is 18.2. The molecule has 1 saturated carbocycles. The van der Waals surface area contributed by atoms with E-state index >= 15 is 0 Å². The zero-order valence-corrected chi connectivity index (χ0v) is 16.3. The van der Waals surface area contributed by atoms with Gasteiger partial charge in [0.25, 0.3) is 5.22 Å². The number of benzene rings is 1. The third-order valence-corrected chi connectivity index (χ3v) is 6.06. The highest BCUT2D eigenvalue weighted by atomic mass is 32.2. The Bertz CT molecular complexity index is 763. The van der Waals surface area contributed by atoms with Crippen LogP contribution in [0.5, 0.6) is 0 Å². The number of ketones is 1. The Labute approximate surface area is 153 Å². The van der Waals surface area contributed by atoms with Crippen LogP contribution in [0, 0.1) is 20.8 Å². The number of aromatic nitrogens is 2. The van der Waals surface area contributed by atoms with Gasteiger partial charge in [-0.2, -0.15) is 0 Å². The Morgan fingerprint density at radius 2 is 1.76 bits per heavy atom. The average molecular weight is 359 g/mol. The first-order valence-corrected chi connectivity index (χ1v) is 9.95. The first-order chi connectivity index (χ1) is 12.0. The number of hydrogen-bond donors (Lipinski definition) is 0. The zero-order valence-electron chi connectivity index (χ0n) is 15.5. The fourth-order valence-corrected chi connectivity index (χ4v) is 4.19. The van der Waals surface area contributed by atoms with Crippen LogP contribution in [0.25, 0.3) is 0 Å². The van der Waals surface area contributed by atoms with Crippen LogP contribution < -0.4 is 0 Å². The summed E-state index contributed by atoms with van der Waals surface area (Å²) in [6, 6.07) is 4.07. The smallest absolute Gasteiger partial charge is 0.277 e. The number of carbonyl (C=O) groups is 1. The molecule has 1 aromatic heterocycles. The minimum atomic E-state index is -0.250. The number of aryl methyl sites for hydroxylation is 3. The van der Waals surface area contributed by atoms with Gasteiger partial charge < -0.3 is 4.42 Å². The molecule has 0 amide bonds. The Balaban J connectivity index is 1.69. The molecule has 1 aliphatic carbocycles. The summed E-state index contributed by atoms with van der Waals surface area (Å²) in [4.78, 5) is 12.8. The zero-order chi connectivity index (χ0) is 18.0. The van der Waals surface area contributed by atoms with Gasteiger partial charge in [0, 0.05) is 11.5 Å². The predicted molar refractivity (Wildman–Crippen MR) is 100 cm³/mol. The van der Waals surface area contributed by atoms with Crippen LogP contribution in [0.4, 0.5) is 0 Å². The van der Waals surface area contributed by atoms with Gasteiger partial charge in [-0.1, -0.05) is 37.1 Å². The molecule has 1 fully saturated rings. The van der Waals surface area contributed by atoms with Crippen molar-refractivity contribution in [1.29, 1.82) is 0 Å². The van der Waals surface area contributed by atoms with Crippen LogP contribution >= 0.6 is 11.8 Å². The molecule has 5 heteroatoms. The molecule has 1 atom stereocenters. The van der Waals surface area contributed by atoms with E-state index in [9.17, 15) is 4.79 Å². The molecule has 0 bridgehead atoms. The van der Waals surface area contributed by atoms with Crippen LogP contribution in [0.15, 0.2) is 21.8 Å². The number of nitrogens with zero attached hydrogens (tertiary/aromatic N) is 2. The lowest BCUT2D eigenvalue weighted by molar-refractivity contribution is 0.0993. The number of rotatable bonds is 5. The lowest BCUT2D eigenvalue weighted by atomic mass is 9.89. The highest BCUT2D eigenvalue weighted by molar-refractivity contribution is 8.00. The molecule has 0 unspecified atom stereocenters. The summed E-state index contributed by atoms with van der Waals surface area (Å²) in [6.07, 6.45) is 6.02. The van der Waals surface area contributed by atoms with E-state index in [0.29, 0.717) is 11.1 Å². The number of carbonyl (C=O) groups excluding carboxylic acids is 1. The summed E-state index contributed by atoms with van der Waals surface area (Å²) in [5.74, 6) is 1.25. The SMILES string of the molecule is Cc1cc(C)c(C(=O)[C@@H](C)Sc2nnc(C3CCCCC3)o2)cc1C. The molecule has 1 aromatic carbocycles. The fraction of sp³-hybridized carbons (Fsp3) is 0.550. The lowest BCUT2D eigenvalue weighted by Gasteiger charge is -2.17. The Kier molecular flexibility index (Phi) is 5.62. The summed E-state index contributed by atoms with van der Waals surface area (Å²) in [5.41, 5.74) is 4.16. The Morgan fingerprint density at radius 1 is 1.08 bits per heavy atom. The van der Waals surface area contributed by atoms with E-state index in [0.717, 1.165) is 35.4 Å². The van der Waals surface area contributed by atoms with Gasteiger partial charge in [0.2, 0.25) is 5.89 Å². The molecule has 3 rings (SSSR count). The van der Waals surface area contributed by atoms with E-state index in [1.54, 1.807) is 0 Å². The van der Waals surface area contributed by atoms with Gasteiger partial charge in [0.15, 0.2) is 5.78 Å². The van der Waals surface area contributed by atoms with E-state index in [2.05, 4.69) is 23.2 Å². The Hall–Kier alpha value is -1.62. The summed E-state index contributed by atoms with van der Waals surface area (Å²) in [7, 11) is 0. The van der Waals surface area contributed by atoms with Crippen molar-refractivity contribution >= 4 is 17.5 Å². The van der Waals surface area contributed by atoms with Gasteiger partial charge in [-0.25, -0.2) is 0 Å². The molecular weight excluding hydrogens is 332 g/mol. The van der Waals surface area contributed by atoms with Crippen molar-refractivity contribution in [2.45, 2.75) is 76.2 Å². The average Bonchev–Trinajstić information content (AvgIpc) is 3.07. The summed E-state index contributed by atoms with van der Waals surface area (Å²) >= 11 is 1.36. The molecule has 0 saturated heterocycles. The van der Waals surface area contributed by atoms with Gasteiger partial charge in [-0.05, 0) is 63.3 Å². The molecule has 25 heavy (non-hydrogen) atoms. The fourth-order valence-electron chi connectivity index (χ4n) is 3.43. The van der Waals surface area contributed by atoms with E-state index < -0.39 is 0 Å². The molecule has 1 aliphatic rings. The van der Waals surface area contributed by atoms with Gasteiger partial charge >= 0.3 is 0 Å². The van der Waals surface area contributed by atoms with Crippen LogP contribution in [0.3, 0.4) is 0 Å². The first-order valence-electron chi connectivity index (χ1n) is 9.08. The quantitative estimate of drug-likeness (QED) is 0.528. The van der Waals surface area contributed by atoms with Crippen molar-refractivity contribution in [2.75, 3.05) is 0 Å². The van der Waals surface area contributed by atoms with E-state index in [1.165, 1.54) is 36.6 Å². The van der Waals surface area contributed by atoms with Crippen LogP contribution in [-0.2, 0) is 0 Å². The summed E-state index contributed by atoms with van der Waals surface area (Å²) in [5, 5.41) is 8.63. The monoisotopic (exact) mass is 358 g/mol. The van der Waals surface area contributed by atoms with Crippen LogP contribution in [0.1, 0.15) is 77.9 Å². The number of thioether (sulfide) groups is 1. The summed E-state index contributed by atoms with van der Waals surface area (Å²) in [6.45, 7) is 8.01. The molecule has 2 aromatic rings. The lowest BCUT2D eigenvalue weighted by Crippen LogP contribution is -2.15. The second kappa shape index (κ2) is 7.73. The second-order valence-electron chi connectivity index (χ2n) is 7.12.